The van der Waals surface area contributed by atoms with E-state index in [1.54, 1.807) is 0 Å². The van der Waals surface area contributed by atoms with Gasteiger partial charge in [-0.1, -0.05) is 71.8 Å². The van der Waals surface area contributed by atoms with Crippen LogP contribution in [0, 0.1) is 13.8 Å². The Kier molecular flexibility index (Phi) is 4.10. The van der Waals surface area contributed by atoms with Crippen LogP contribution in [0.1, 0.15) is 27.2 Å². The second-order valence-corrected chi connectivity index (χ2v) is 6.64. The number of aryl methyl sites for hydroxylation is 2. The Morgan fingerprint density at radius 1 is 0.769 bits per heavy atom. The van der Waals surface area contributed by atoms with Crippen molar-refractivity contribution in [3.63, 3.8) is 0 Å². The highest BCUT2D eigenvalue weighted by atomic mass is 16.1. The van der Waals surface area contributed by atoms with Gasteiger partial charge in [0.1, 0.15) is 5.69 Å². The summed E-state index contributed by atoms with van der Waals surface area (Å²) in [5.41, 5.74) is 6.17. The summed E-state index contributed by atoms with van der Waals surface area (Å²) in [5.74, 6) is -0.0497. The van der Waals surface area contributed by atoms with Crippen LogP contribution in [-0.4, -0.2) is 10.8 Å². The molecule has 0 saturated carbocycles. The molecule has 0 aliphatic carbocycles. The summed E-state index contributed by atoms with van der Waals surface area (Å²) in [5, 5.41) is 1.05. The van der Waals surface area contributed by atoms with E-state index >= 15 is 0 Å². The van der Waals surface area contributed by atoms with Crippen molar-refractivity contribution < 1.29 is 4.79 Å². The van der Waals surface area contributed by atoms with Crippen molar-refractivity contribution in [2.75, 3.05) is 0 Å². The van der Waals surface area contributed by atoms with E-state index in [2.05, 4.69) is 19.1 Å². The Morgan fingerprint density at radius 2 is 1.46 bits per heavy atom. The van der Waals surface area contributed by atoms with Crippen molar-refractivity contribution in [2.45, 2.75) is 13.8 Å². The molecule has 0 bridgehead atoms. The zero-order chi connectivity index (χ0) is 18.1. The predicted octanol–water partition coefficient (Wildman–Crippen LogP) is 5.75. The molecule has 0 aliphatic rings. The molecular formula is C24H19NO. The third-order valence-electron chi connectivity index (χ3n) is 4.58. The molecule has 0 unspecified atom stereocenters. The summed E-state index contributed by atoms with van der Waals surface area (Å²) in [6.07, 6.45) is 0. The number of carbonyl (C=O) groups excluding carboxylic acids is 1. The van der Waals surface area contributed by atoms with Crippen LogP contribution in [-0.2, 0) is 0 Å². The van der Waals surface area contributed by atoms with Crippen LogP contribution >= 0.6 is 0 Å². The minimum Gasteiger partial charge on any atom is -0.287 e. The summed E-state index contributed by atoms with van der Waals surface area (Å²) >= 11 is 0. The second-order valence-electron chi connectivity index (χ2n) is 6.64. The van der Waals surface area contributed by atoms with Crippen LogP contribution in [0.25, 0.3) is 22.0 Å². The largest absolute Gasteiger partial charge is 0.287 e. The normalized spacial score (nSPS) is 10.8. The molecular weight excluding hydrogens is 318 g/mol. The van der Waals surface area contributed by atoms with Gasteiger partial charge in [0.15, 0.2) is 0 Å². The molecule has 0 N–H and O–H groups in total. The lowest BCUT2D eigenvalue weighted by molar-refractivity contribution is 0.103. The van der Waals surface area contributed by atoms with E-state index in [4.69, 9.17) is 4.98 Å². The van der Waals surface area contributed by atoms with Gasteiger partial charge in [0.25, 0.3) is 0 Å². The maximum Gasteiger partial charge on any atom is 0.212 e. The van der Waals surface area contributed by atoms with Gasteiger partial charge in [-0.05, 0) is 37.6 Å². The summed E-state index contributed by atoms with van der Waals surface area (Å²) < 4.78 is 0. The number of aromatic nitrogens is 1. The number of hydrogen-bond acceptors (Lipinski definition) is 2. The molecule has 126 valence electrons. The zero-order valence-electron chi connectivity index (χ0n) is 14.9. The van der Waals surface area contributed by atoms with Crippen LogP contribution in [0.4, 0.5) is 0 Å². The van der Waals surface area contributed by atoms with E-state index in [0.29, 0.717) is 11.3 Å². The number of benzene rings is 3. The molecule has 0 aliphatic heterocycles. The molecule has 0 amide bonds. The van der Waals surface area contributed by atoms with Crippen molar-refractivity contribution in [3.8, 4) is 11.1 Å². The van der Waals surface area contributed by atoms with Crippen molar-refractivity contribution in [1.29, 1.82) is 0 Å². The van der Waals surface area contributed by atoms with E-state index in [1.165, 1.54) is 5.56 Å². The monoisotopic (exact) mass is 337 g/mol. The predicted molar refractivity (Wildman–Crippen MR) is 107 cm³/mol. The topological polar surface area (TPSA) is 30.0 Å². The van der Waals surface area contributed by atoms with Gasteiger partial charge in [0.05, 0.1) is 5.52 Å². The lowest BCUT2D eigenvalue weighted by atomic mass is 9.96. The average molecular weight is 337 g/mol. The smallest absolute Gasteiger partial charge is 0.212 e. The van der Waals surface area contributed by atoms with Gasteiger partial charge in [-0.25, -0.2) is 4.98 Å². The van der Waals surface area contributed by atoms with Crippen molar-refractivity contribution in [2.24, 2.45) is 0 Å². The maximum atomic E-state index is 13.2. The van der Waals surface area contributed by atoms with Gasteiger partial charge in [0, 0.05) is 16.5 Å². The highest BCUT2D eigenvalue weighted by molar-refractivity contribution is 6.12. The van der Waals surface area contributed by atoms with Crippen LogP contribution in [0.3, 0.4) is 0 Å². The first kappa shape index (κ1) is 16.2. The Labute approximate surface area is 153 Å². The fourth-order valence-electron chi connectivity index (χ4n) is 3.15. The van der Waals surface area contributed by atoms with Gasteiger partial charge < -0.3 is 0 Å². The molecule has 1 heterocycles. The summed E-state index contributed by atoms with van der Waals surface area (Å²) in [6.45, 7) is 4.08. The Balaban J connectivity index is 1.95. The van der Waals surface area contributed by atoms with Crippen LogP contribution < -0.4 is 0 Å². The van der Waals surface area contributed by atoms with Gasteiger partial charge in [-0.15, -0.1) is 0 Å². The summed E-state index contributed by atoms with van der Waals surface area (Å²) in [4.78, 5) is 17.9. The number of hydrogen-bond donors (Lipinski definition) is 0. The number of carbonyl (C=O) groups is 1. The van der Waals surface area contributed by atoms with E-state index < -0.39 is 0 Å². The van der Waals surface area contributed by atoms with Crippen molar-refractivity contribution in [1.82, 2.24) is 4.98 Å². The number of nitrogens with zero attached hydrogens (tertiary/aromatic N) is 1. The Bertz CT molecular complexity index is 1100. The summed E-state index contributed by atoms with van der Waals surface area (Å²) in [6, 6.07) is 25.8. The number of ketones is 1. The van der Waals surface area contributed by atoms with E-state index in [-0.39, 0.29) is 5.78 Å². The third-order valence-corrected chi connectivity index (χ3v) is 4.58. The molecule has 3 aromatic carbocycles. The maximum absolute atomic E-state index is 13.2. The third kappa shape index (κ3) is 3.02. The van der Waals surface area contributed by atoms with Gasteiger partial charge in [-0.2, -0.15) is 0 Å². The fraction of sp³-hybridized carbons (Fsp3) is 0.0833. The van der Waals surface area contributed by atoms with Crippen LogP contribution in [0.2, 0.25) is 0 Å². The van der Waals surface area contributed by atoms with Crippen LogP contribution in [0.5, 0.6) is 0 Å². The van der Waals surface area contributed by atoms with Gasteiger partial charge in [0.2, 0.25) is 5.78 Å². The van der Waals surface area contributed by atoms with Gasteiger partial charge >= 0.3 is 0 Å². The quantitative estimate of drug-likeness (QED) is 0.446. The minimum absolute atomic E-state index is 0.0497. The average Bonchev–Trinajstić information content (AvgIpc) is 2.67. The standard InChI is InChI=1S/C24H19NO/c1-16-8-11-19(12-9-16)24(26)23-21(18-6-4-3-5-7-18)15-20-14-17(2)10-13-22(20)25-23/h3-15H,1-2H3. The molecule has 4 aromatic rings. The lowest BCUT2D eigenvalue weighted by Crippen LogP contribution is -2.07. The molecule has 0 spiro atoms. The van der Waals surface area contributed by atoms with Gasteiger partial charge in [-0.3, -0.25) is 4.79 Å². The van der Waals surface area contributed by atoms with E-state index in [1.807, 2.05) is 73.7 Å². The molecule has 0 radical (unpaired) electrons. The Hall–Kier alpha value is -3.26. The summed E-state index contributed by atoms with van der Waals surface area (Å²) in [7, 11) is 0. The highest BCUT2D eigenvalue weighted by Gasteiger charge is 2.18. The zero-order valence-corrected chi connectivity index (χ0v) is 14.9. The first-order chi connectivity index (χ1) is 12.6. The SMILES string of the molecule is Cc1ccc(C(=O)c2nc3ccc(C)cc3cc2-c2ccccc2)cc1. The molecule has 2 nitrogen and oxygen atoms in total. The molecule has 4 rings (SSSR count). The minimum atomic E-state index is -0.0497. The number of rotatable bonds is 3. The molecule has 2 heteroatoms. The lowest BCUT2D eigenvalue weighted by Gasteiger charge is -2.11. The fourth-order valence-corrected chi connectivity index (χ4v) is 3.15. The van der Waals surface area contributed by atoms with Crippen LogP contribution in [0.15, 0.2) is 78.9 Å². The molecule has 0 fully saturated rings. The number of pyridine rings is 1. The number of fused-ring (bicyclic) bond motifs is 1. The second kappa shape index (κ2) is 6.57. The molecule has 26 heavy (non-hydrogen) atoms. The first-order valence-electron chi connectivity index (χ1n) is 8.70. The van der Waals surface area contributed by atoms with Crippen molar-refractivity contribution >= 4 is 16.7 Å². The molecule has 0 atom stereocenters. The van der Waals surface area contributed by atoms with Crippen molar-refractivity contribution in [3.05, 3.63) is 101 Å². The molecule has 0 saturated heterocycles. The van der Waals surface area contributed by atoms with E-state index in [9.17, 15) is 4.79 Å². The molecule has 1 aromatic heterocycles. The Morgan fingerprint density at radius 3 is 2.19 bits per heavy atom. The first-order valence-corrected chi connectivity index (χ1v) is 8.70. The van der Waals surface area contributed by atoms with E-state index in [0.717, 1.165) is 27.6 Å². The highest BCUT2D eigenvalue weighted by Crippen LogP contribution is 2.28.